The van der Waals surface area contributed by atoms with Crippen molar-refractivity contribution in [2.24, 2.45) is 5.92 Å². The quantitative estimate of drug-likeness (QED) is 0.516. The van der Waals surface area contributed by atoms with Crippen LogP contribution in [0.3, 0.4) is 0 Å². The van der Waals surface area contributed by atoms with E-state index in [4.69, 9.17) is 4.74 Å². The summed E-state index contributed by atoms with van der Waals surface area (Å²) in [6, 6.07) is 0. The number of hydrogen-bond acceptors (Lipinski definition) is 1. The molecule has 1 heteroatoms. The van der Waals surface area contributed by atoms with Gasteiger partial charge in [0.05, 0.1) is 0 Å². The molecule has 0 aliphatic rings. The SMILES string of the molecule is [CH2]COCCCCCC(C)C. The second-order valence-corrected chi connectivity index (χ2v) is 3.36. The van der Waals surface area contributed by atoms with Crippen molar-refractivity contribution in [1.29, 1.82) is 0 Å². The Balaban J connectivity index is 2.80. The first-order valence-electron chi connectivity index (χ1n) is 4.64. The molecule has 0 aromatic heterocycles. The summed E-state index contributed by atoms with van der Waals surface area (Å²) in [5, 5.41) is 0. The summed E-state index contributed by atoms with van der Waals surface area (Å²) in [5.74, 6) is 0.851. The zero-order valence-corrected chi connectivity index (χ0v) is 7.94. The summed E-state index contributed by atoms with van der Waals surface area (Å²) in [7, 11) is 0. The molecule has 0 aromatic carbocycles. The molecule has 1 nitrogen and oxygen atoms in total. The zero-order valence-electron chi connectivity index (χ0n) is 7.94. The molecular formula is C10H21O. The highest BCUT2D eigenvalue weighted by molar-refractivity contribution is 4.47. The number of unbranched alkanes of at least 4 members (excludes halogenated alkanes) is 2. The maximum absolute atomic E-state index is 5.13. The molecule has 0 aromatic rings. The van der Waals surface area contributed by atoms with Crippen LogP contribution in [0.25, 0.3) is 0 Å². The van der Waals surface area contributed by atoms with E-state index in [9.17, 15) is 0 Å². The van der Waals surface area contributed by atoms with Crippen molar-refractivity contribution in [2.75, 3.05) is 13.2 Å². The molecule has 0 aliphatic carbocycles. The van der Waals surface area contributed by atoms with Crippen molar-refractivity contribution in [1.82, 2.24) is 0 Å². The Morgan fingerprint density at radius 3 is 2.45 bits per heavy atom. The van der Waals surface area contributed by atoms with Crippen LogP contribution in [0.1, 0.15) is 39.5 Å². The Labute approximate surface area is 71.1 Å². The van der Waals surface area contributed by atoms with E-state index in [1.807, 2.05) is 0 Å². The van der Waals surface area contributed by atoms with Crippen LogP contribution in [0, 0.1) is 12.8 Å². The van der Waals surface area contributed by atoms with E-state index in [2.05, 4.69) is 20.8 Å². The summed E-state index contributed by atoms with van der Waals surface area (Å²) in [5.41, 5.74) is 0. The van der Waals surface area contributed by atoms with Gasteiger partial charge in [-0.1, -0.05) is 33.1 Å². The number of rotatable bonds is 7. The second kappa shape index (κ2) is 8.06. The zero-order chi connectivity index (χ0) is 8.53. The maximum Gasteiger partial charge on any atom is 0.0466 e. The van der Waals surface area contributed by atoms with E-state index in [-0.39, 0.29) is 0 Å². The third-order valence-electron chi connectivity index (χ3n) is 1.71. The van der Waals surface area contributed by atoms with Crippen LogP contribution in [0.2, 0.25) is 0 Å². The van der Waals surface area contributed by atoms with E-state index < -0.39 is 0 Å². The van der Waals surface area contributed by atoms with Crippen LogP contribution < -0.4 is 0 Å². The molecule has 0 rings (SSSR count). The minimum atomic E-state index is 0.615. The molecule has 11 heavy (non-hydrogen) atoms. The molecule has 0 bridgehead atoms. The molecular weight excluding hydrogens is 136 g/mol. The standard InChI is InChI=1S/C10H21O/c1-4-11-9-7-5-6-8-10(2)3/h10H,1,4-9H2,2-3H3. The van der Waals surface area contributed by atoms with Gasteiger partial charge in [-0.3, -0.25) is 0 Å². The lowest BCUT2D eigenvalue weighted by Gasteiger charge is -2.03. The fraction of sp³-hybridized carbons (Fsp3) is 0.900. The van der Waals surface area contributed by atoms with Crippen LogP contribution in [0.15, 0.2) is 0 Å². The Kier molecular flexibility index (Phi) is 8.03. The molecule has 1 radical (unpaired) electrons. The van der Waals surface area contributed by atoms with E-state index >= 15 is 0 Å². The van der Waals surface area contributed by atoms with Crippen LogP contribution in [-0.2, 0) is 4.74 Å². The Morgan fingerprint density at radius 2 is 1.91 bits per heavy atom. The van der Waals surface area contributed by atoms with Gasteiger partial charge in [0.1, 0.15) is 0 Å². The summed E-state index contributed by atoms with van der Waals surface area (Å²) >= 11 is 0. The highest BCUT2D eigenvalue weighted by Crippen LogP contribution is 2.07. The monoisotopic (exact) mass is 157 g/mol. The van der Waals surface area contributed by atoms with Crippen LogP contribution in [0.5, 0.6) is 0 Å². The first-order chi connectivity index (χ1) is 5.27. The van der Waals surface area contributed by atoms with Gasteiger partial charge in [0, 0.05) is 13.2 Å². The number of hydrogen-bond donors (Lipinski definition) is 0. The van der Waals surface area contributed by atoms with Gasteiger partial charge in [-0.05, 0) is 19.3 Å². The second-order valence-electron chi connectivity index (χ2n) is 3.36. The fourth-order valence-electron chi connectivity index (χ4n) is 1.04. The van der Waals surface area contributed by atoms with Gasteiger partial charge in [0.2, 0.25) is 0 Å². The van der Waals surface area contributed by atoms with Crippen molar-refractivity contribution in [3.05, 3.63) is 6.92 Å². The van der Waals surface area contributed by atoms with Gasteiger partial charge in [-0.15, -0.1) is 0 Å². The Bertz CT molecular complexity index is 69.3. The van der Waals surface area contributed by atoms with Gasteiger partial charge >= 0.3 is 0 Å². The molecule has 0 amide bonds. The lowest BCUT2D eigenvalue weighted by Crippen LogP contribution is -1.94. The largest absolute Gasteiger partial charge is 0.381 e. The molecule has 0 aliphatic heterocycles. The summed E-state index contributed by atoms with van der Waals surface area (Å²) in [6.07, 6.45) is 5.20. The molecule has 0 spiro atoms. The predicted octanol–water partition coefficient (Wildman–Crippen LogP) is 3.05. The smallest absolute Gasteiger partial charge is 0.0466 e. The first kappa shape index (κ1) is 11.0. The van der Waals surface area contributed by atoms with Crippen molar-refractivity contribution < 1.29 is 4.74 Å². The van der Waals surface area contributed by atoms with Crippen LogP contribution in [0.4, 0.5) is 0 Å². The van der Waals surface area contributed by atoms with Crippen molar-refractivity contribution in [2.45, 2.75) is 39.5 Å². The Hall–Kier alpha value is -0.0400. The van der Waals surface area contributed by atoms with Gasteiger partial charge in [0.25, 0.3) is 0 Å². The summed E-state index contributed by atoms with van der Waals surface area (Å²) in [4.78, 5) is 0. The molecule has 0 heterocycles. The summed E-state index contributed by atoms with van der Waals surface area (Å²) < 4.78 is 5.13. The molecule has 0 N–H and O–H groups in total. The lowest BCUT2D eigenvalue weighted by molar-refractivity contribution is 0.155. The first-order valence-corrected chi connectivity index (χ1v) is 4.64. The van der Waals surface area contributed by atoms with Gasteiger partial charge in [0.15, 0.2) is 0 Å². The van der Waals surface area contributed by atoms with E-state index in [0.717, 1.165) is 12.5 Å². The third-order valence-corrected chi connectivity index (χ3v) is 1.71. The molecule has 0 unspecified atom stereocenters. The lowest BCUT2D eigenvalue weighted by atomic mass is 10.1. The molecule has 67 valence electrons. The predicted molar refractivity (Wildman–Crippen MR) is 49.5 cm³/mol. The normalized spacial score (nSPS) is 10.9. The van der Waals surface area contributed by atoms with Crippen LogP contribution in [-0.4, -0.2) is 13.2 Å². The third kappa shape index (κ3) is 9.96. The fourth-order valence-corrected chi connectivity index (χ4v) is 1.04. The summed E-state index contributed by atoms with van der Waals surface area (Å²) in [6.45, 7) is 9.66. The molecule has 0 fully saturated rings. The molecule has 0 atom stereocenters. The Morgan fingerprint density at radius 1 is 1.18 bits per heavy atom. The topological polar surface area (TPSA) is 9.23 Å². The maximum atomic E-state index is 5.13. The average molecular weight is 157 g/mol. The van der Waals surface area contributed by atoms with Crippen molar-refractivity contribution in [3.63, 3.8) is 0 Å². The number of ether oxygens (including phenoxy) is 1. The minimum Gasteiger partial charge on any atom is -0.381 e. The highest BCUT2D eigenvalue weighted by Gasteiger charge is 1.93. The van der Waals surface area contributed by atoms with E-state index in [0.29, 0.717) is 6.61 Å². The highest BCUT2D eigenvalue weighted by atomic mass is 16.5. The van der Waals surface area contributed by atoms with Gasteiger partial charge in [-0.2, -0.15) is 0 Å². The van der Waals surface area contributed by atoms with Crippen molar-refractivity contribution in [3.8, 4) is 0 Å². The van der Waals surface area contributed by atoms with Gasteiger partial charge in [-0.25, -0.2) is 0 Å². The van der Waals surface area contributed by atoms with Crippen LogP contribution >= 0.6 is 0 Å². The van der Waals surface area contributed by atoms with E-state index in [1.165, 1.54) is 25.7 Å². The average Bonchev–Trinajstić information content (AvgIpc) is 1.96. The molecule has 0 saturated heterocycles. The molecule has 0 saturated carbocycles. The van der Waals surface area contributed by atoms with Gasteiger partial charge < -0.3 is 4.74 Å². The van der Waals surface area contributed by atoms with Crippen molar-refractivity contribution >= 4 is 0 Å². The van der Waals surface area contributed by atoms with E-state index in [1.54, 1.807) is 0 Å². The minimum absolute atomic E-state index is 0.615.